The Morgan fingerprint density at radius 3 is 2.50 bits per heavy atom. The summed E-state index contributed by atoms with van der Waals surface area (Å²) in [7, 11) is 0. The van der Waals surface area contributed by atoms with Crippen LogP contribution in [0.4, 0.5) is 0 Å². The first-order valence-electron chi connectivity index (χ1n) is 6.06. The minimum Gasteiger partial charge on any atom is -0.342 e. The zero-order valence-electron chi connectivity index (χ0n) is 9.17. The van der Waals surface area contributed by atoms with Crippen LogP contribution >= 0.6 is 0 Å². The summed E-state index contributed by atoms with van der Waals surface area (Å²) in [6.45, 7) is 4.32. The minimum absolute atomic E-state index is 0.358. The summed E-state index contributed by atoms with van der Waals surface area (Å²) in [4.78, 5) is 14.2. The van der Waals surface area contributed by atoms with Gasteiger partial charge in [0, 0.05) is 19.0 Å². The highest BCUT2D eigenvalue weighted by Gasteiger charge is 2.29. The molecule has 1 saturated carbocycles. The lowest BCUT2D eigenvalue weighted by molar-refractivity contribution is -0.135. The van der Waals surface area contributed by atoms with Crippen LogP contribution in [0.5, 0.6) is 0 Å². The molecule has 14 heavy (non-hydrogen) atoms. The summed E-state index contributed by atoms with van der Waals surface area (Å²) in [6, 6.07) is 0. The highest BCUT2D eigenvalue weighted by molar-refractivity contribution is 5.79. The Labute approximate surface area is 86.7 Å². The Hall–Kier alpha value is -0.530. The van der Waals surface area contributed by atoms with Crippen molar-refractivity contribution in [1.82, 2.24) is 4.90 Å². The number of likely N-dealkylation sites (tertiary alicyclic amines) is 1. The van der Waals surface area contributed by atoms with E-state index >= 15 is 0 Å². The molecule has 2 aliphatic rings. The van der Waals surface area contributed by atoms with Gasteiger partial charge in [0.1, 0.15) is 0 Å². The van der Waals surface area contributed by atoms with E-state index in [2.05, 4.69) is 11.8 Å². The van der Waals surface area contributed by atoms with Gasteiger partial charge in [0.25, 0.3) is 0 Å². The number of hydrogen-bond donors (Lipinski definition) is 0. The number of nitrogens with zero attached hydrogens (tertiary/aromatic N) is 1. The predicted molar refractivity (Wildman–Crippen MR) is 56.9 cm³/mol. The first-order chi connectivity index (χ1) is 6.77. The molecule has 0 aromatic carbocycles. The molecule has 2 heteroatoms. The van der Waals surface area contributed by atoms with E-state index < -0.39 is 0 Å². The van der Waals surface area contributed by atoms with Crippen LogP contribution in [0.15, 0.2) is 0 Å². The molecule has 1 saturated heterocycles. The van der Waals surface area contributed by atoms with E-state index in [1.165, 1.54) is 25.7 Å². The predicted octanol–water partition coefficient (Wildman–Crippen LogP) is 2.44. The van der Waals surface area contributed by atoms with Gasteiger partial charge in [-0.2, -0.15) is 0 Å². The van der Waals surface area contributed by atoms with Crippen molar-refractivity contribution in [3.05, 3.63) is 0 Å². The van der Waals surface area contributed by atoms with Gasteiger partial charge in [-0.05, 0) is 31.6 Å². The average molecular weight is 195 g/mol. The monoisotopic (exact) mass is 195 g/mol. The number of carbonyl (C=O) groups is 1. The highest BCUT2D eigenvalue weighted by Crippen LogP contribution is 2.30. The van der Waals surface area contributed by atoms with Crippen molar-refractivity contribution in [3.8, 4) is 0 Å². The molecule has 1 aliphatic heterocycles. The third kappa shape index (κ3) is 2.10. The fourth-order valence-electron chi connectivity index (χ4n) is 2.85. The lowest BCUT2D eigenvalue weighted by Crippen LogP contribution is -2.35. The van der Waals surface area contributed by atoms with Crippen LogP contribution in [-0.4, -0.2) is 23.9 Å². The molecule has 2 rings (SSSR count). The maximum Gasteiger partial charge on any atom is 0.225 e. The molecule has 2 atom stereocenters. The van der Waals surface area contributed by atoms with Gasteiger partial charge in [0.05, 0.1) is 0 Å². The van der Waals surface area contributed by atoms with E-state index in [1.54, 1.807) is 0 Å². The van der Waals surface area contributed by atoms with Crippen molar-refractivity contribution in [2.45, 2.75) is 45.4 Å². The highest BCUT2D eigenvalue weighted by atomic mass is 16.2. The molecular formula is C12H21NO. The maximum absolute atomic E-state index is 12.1. The number of hydrogen-bond acceptors (Lipinski definition) is 1. The fourth-order valence-corrected chi connectivity index (χ4v) is 2.85. The van der Waals surface area contributed by atoms with Gasteiger partial charge < -0.3 is 4.90 Å². The van der Waals surface area contributed by atoms with Gasteiger partial charge in [-0.1, -0.05) is 19.8 Å². The number of carbonyl (C=O) groups excluding carboxylic acids is 1. The summed E-state index contributed by atoms with van der Waals surface area (Å²) in [5.74, 6) is 1.58. The van der Waals surface area contributed by atoms with Crippen molar-refractivity contribution in [2.75, 3.05) is 13.1 Å². The van der Waals surface area contributed by atoms with Gasteiger partial charge >= 0.3 is 0 Å². The molecule has 0 N–H and O–H groups in total. The zero-order valence-corrected chi connectivity index (χ0v) is 9.17. The Bertz CT molecular complexity index is 208. The van der Waals surface area contributed by atoms with Crippen LogP contribution < -0.4 is 0 Å². The molecule has 0 aromatic rings. The molecule has 1 aliphatic carbocycles. The minimum atomic E-state index is 0.358. The van der Waals surface area contributed by atoms with Crippen LogP contribution in [0.25, 0.3) is 0 Å². The fraction of sp³-hybridized carbons (Fsp3) is 0.917. The van der Waals surface area contributed by atoms with Gasteiger partial charge in [0.2, 0.25) is 5.91 Å². The molecule has 2 unspecified atom stereocenters. The number of amides is 1. The lowest BCUT2D eigenvalue weighted by atomic mass is 9.82. The standard InChI is InChI=1S/C12H21NO/c1-10-5-4-6-11(9-10)12(14)13-7-2-3-8-13/h10-11H,2-9H2,1H3. The normalized spacial score (nSPS) is 33.4. The topological polar surface area (TPSA) is 20.3 Å². The largest absolute Gasteiger partial charge is 0.342 e. The van der Waals surface area contributed by atoms with E-state index in [4.69, 9.17) is 0 Å². The molecule has 2 fully saturated rings. The molecule has 80 valence electrons. The Kier molecular flexibility index (Phi) is 3.09. The van der Waals surface area contributed by atoms with Gasteiger partial charge in [0.15, 0.2) is 0 Å². The van der Waals surface area contributed by atoms with Crippen LogP contribution in [0, 0.1) is 11.8 Å². The van der Waals surface area contributed by atoms with Crippen LogP contribution in [0.2, 0.25) is 0 Å². The SMILES string of the molecule is CC1CCCC(C(=O)N2CCCC2)C1. The van der Waals surface area contributed by atoms with Crippen LogP contribution in [-0.2, 0) is 4.79 Å². The van der Waals surface area contributed by atoms with E-state index in [0.29, 0.717) is 11.8 Å². The van der Waals surface area contributed by atoms with Gasteiger partial charge in [-0.3, -0.25) is 4.79 Å². The van der Waals surface area contributed by atoms with E-state index in [9.17, 15) is 4.79 Å². The lowest BCUT2D eigenvalue weighted by Gasteiger charge is -2.29. The first kappa shape index (κ1) is 10.0. The molecule has 1 amide bonds. The van der Waals surface area contributed by atoms with Crippen LogP contribution in [0.3, 0.4) is 0 Å². The smallest absolute Gasteiger partial charge is 0.225 e. The molecular weight excluding hydrogens is 174 g/mol. The summed E-state index contributed by atoms with van der Waals surface area (Å²) in [5, 5.41) is 0. The van der Waals surface area contributed by atoms with Crippen LogP contribution in [0.1, 0.15) is 45.4 Å². The molecule has 0 spiro atoms. The van der Waals surface area contributed by atoms with Crippen molar-refractivity contribution < 1.29 is 4.79 Å². The number of rotatable bonds is 1. The summed E-state index contributed by atoms with van der Waals surface area (Å²) in [6.07, 6.45) is 7.28. The third-order valence-corrected chi connectivity index (χ3v) is 3.70. The second-order valence-corrected chi connectivity index (χ2v) is 5.00. The van der Waals surface area contributed by atoms with Crippen molar-refractivity contribution in [3.63, 3.8) is 0 Å². The first-order valence-corrected chi connectivity index (χ1v) is 6.06. The zero-order chi connectivity index (χ0) is 9.97. The second-order valence-electron chi connectivity index (χ2n) is 5.00. The van der Waals surface area contributed by atoms with Gasteiger partial charge in [-0.25, -0.2) is 0 Å². The molecule has 0 bridgehead atoms. The Morgan fingerprint density at radius 1 is 1.14 bits per heavy atom. The van der Waals surface area contributed by atoms with Crippen molar-refractivity contribution in [2.24, 2.45) is 11.8 Å². The molecule has 1 heterocycles. The molecule has 2 nitrogen and oxygen atoms in total. The Balaban J connectivity index is 1.89. The summed E-state index contributed by atoms with van der Waals surface area (Å²) < 4.78 is 0. The van der Waals surface area contributed by atoms with Gasteiger partial charge in [-0.15, -0.1) is 0 Å². The van der Waals surface area contributed by atoms with E-state index in [0.717, 1.165) is 31.8 Å². The average Bonchev–Trinajstić information content (AvgIpc) is 2.69. The summed E-state index contributed by atoms with van der Waals surface area (Å²) in [5.41, 5.74) is 0. The Morgan fingerprint density at radius 2 is 1.86 bits per heavy atom. The molecule has 0 aromatic heterocycles. The quantitative estimate of drug-likeness (QED) is 0.629. The summed E-state index contributed by atoms with van der Waals surface area (Å²) >= 11 is 0. The van der Waals surface area contributed by atoms with E-state index in [-0.39, 0.29) is 0 Å². The van der Waals surface area contributed by atoms with Crippen molar-refractivity contribution >= 4 is 5.91 Å². The second kappa shape index (κ2) is 4.33. The molecule has 0 radical (unpaired) electrons. The third-order valence-electron chi connectivity index (χ3n) is 3.70. The maximum atomic E-state index is 12.1. The van der Waals surface area contributed by atoms with E-state index in [1.807, 2.05) is 0 Å². The van der Waals surface area contributed by atoms with Crippen molar-refractivity contribution in [1.29, 1.82) is 0 Å².